The first kappa shape index (κ1) is 37.6. The van der Waals surface area contributed by atoms with Gasteiger partial charge in [-0.2, -0.15) is 0 Å². The van der Waals surface area contributed by atoms with Crippen molar-refractivity contribution in [1.29, 1.82) is 0 Å². The number of hydrogen-bond acceptors (Lipinski definition) is 5. The molecule has 1 heterocycles. The van der Waals surface area contributed by atoms with E-state index in [1.807, 2.05) is 6.92 Å². The van der Waals surface area contributed by atoms with Crippen molar-refractivity contribution in [2.75, 3.05) is 6.61 Å². The number of hydrogen-bond donors (Lipinski definition) is 0. The summed E-state index contributed by atoms with van der Waals surface area (Å²) in [5, 5.41) is 0.192. The molecule has 1 unspecified atom stereocenters. The molecule has 46 heavy (non-hydrogen) atoms. The highest BCUT2D eigenvalue weighted by molar-refractivity contribution is 6.74. The minimum atomic E-state index is -1.88. The molecule has 0 radical (unpaired) electrons. The molecule has 252 valence electrons. The SMILES string of the molecule is CCOC(=O)Cc1cnc(-c2ccc(C(CC)(CC)c3ccc(CCC(O[Si](C)(C)C(C)(C)C)C(C)(C)C)c(C)c3)cc2C)nc1. The van der Waals surface area contributed by atoms with Crippen LogP contribution in [-0.4, -0.2) is 37.0 Å². The average Bonchev–Trinajstić information content (AvgIpc) is 2.96. The molecular weight excluding hydrogens is 585 g/mol. The number of ether oxygens (including phenoxy) is 1. The molecule has 2 aromatic carbocycles. The van der Waals surface area contributed by atoms with Gasteiger partial charge in [0, 0.05) is 23.4 Å². The molecule has 0 saturated carbocycles. The molecule has 0 fully saturated rings. The largest absolute Gasteiger partial charge is 0.466 e. The number of carbonyl (C=O) groups excluding carboxylic acids is 1. The van der Waals surface area contributed by atoms with E-state index in [2.05, 4.69) is 129 Å². The van der Waals surface area contributed by atoms with Crippen LogP contribution in [0, 0.1) is 19.3 Å². The van der Waals surface area contributed by atoms with Gasteiger partial charge in [0.2, 0.25) is 0 Å². The van der Waals surface area contributed by atoms with Gasteiger partial charge in [-0.15, -0.1) is 0 Å². The molecular formula is C40H60N2O3Si. The Morgan fingerprint density at radius 1 is 0.848 bits per heavy atom. The van der Waals surface area contributed by atoms with Crippen molar-refractivity contribution in [1.82, 2.24) is 9.97 Å². The second kappa shape index (κ2) is 14.9. The maximum atomic E-state index is 11.9. The second-order valence-electron chi connectivity index (χ2n) is 15.6. The predicted molar refractivity (Wildman–Crippen MR) is 195 cm³/mol. The van der Waals surface area contributed by atoms with Crippen LogP contribution in [0.5, 0.6) is 0 Å². The first-order chi connectivity index (χ1) is 21.4. The summed E-state index contributed by atoms with van der Waals surface area (Å²) in [4.78, 5) is 21.0. The Balaban J connectivity index is 1.86. The molecule has 1 atom stereocenters. The summed E-state index contributed by atoms with van der Waals surface area (Å²) < 4.78 is 12.1. The first-order valence-corrected chi connectivity index (χ1v) is 20.1. The fourth-order valence-electron chi connectivity index (χ4n) is 6.17. The van der Waals surface area contributed by atoms with E-state index in [-0.39, 0.29) is 34.4 Å². The van der Waals surface area contributed by atoms with Crippen LogP contribution in [0.3, 0.4) is 0 Å². The average molecular weight is 645 g/mol. The molecule has 0 aliphatic heterocycles. The van der Waals surface area contributed by atoms with E-state index in [9.17, 15) is 4.79 Å². The lowest BCUT2D eigenvalue weighted by Crippen LogP contribution is -2.47. The van der Waals surface area contributed by atoms with Crippen molar-refractivity contribution < 1.29 is 14.0 Å². The summed E-state index contributed by atoms with van der Waals surface area (Å²) in [7, 11) is -1.88. The predicted octanol–water partition coefficient (Wildman–Crippen LogP) is 10.3. The number of nitrogens with zero attached hydrogens (tertiary/aromatic N) is 2. The Morgan fingerprint density at radius 3 is 1.89 bits per heavy atom. The number of benzene rings is 2. The van der Waals surface area contributed by atoms with E-state index in [1.165, 1.54) is 22.3 Å². The molecule has 3 rings (SSSR count). The fourth-order valence-corrected chi connectivity index (χ4v) is 7.71. The van der Waals surface area contributed by atoms with E-state index in [0.717, 1.165) is 42.4 Å². The van der Waals surface area contributed by atoms with Crippen molar-refractivity contribution in [2.45, 2.75) is 138 Å². The van der Waals surface area contributed by atoms with E-state index >= 15 is 0 Å². The van der Waals surface area contributed by atoms with Crippen molar-refractivity contribution in [3.63, 3.8) is 0 Å². The zero-order valence-corrected chi connectivity index (χ0v) is 32.1. The third-order valence-electron chi connectivity index (χ3n) is 10.4. The maximum absolute atomic E-state index is 11.9. The molecule has 6 heteroatoms. The Kier molecular flexibility index (Phi) is 12.2. The van der Waals surface area contributed by atoms with Crippen LogP contribution in [0.2, 0.25) is 18.1 Å². The highest BCUT2D eigenvalue weighted by atomic mass is 28.4. The van der Waals surface area contributed by atoms with Gasteiger partial charge in [0.05, 0.1) is 19.1 Å². The molecule has 3 aromatic rings. The van der Waals surface area contributed by atoms with Crippen LogP contribution in [0.15, 0.2) is 48.8 Å². The van der Waals surface area contributed by atoms with Gasteiger partial charge in [-0.1, -0.05) is 91.8 Å². The Labute approximate surface area is 281 Å². The van der Waals surface area contributed by atoms with E-state index in [0.29, 0.717) is 12.4 Å². The monoisotopic (exact) mass is 644 g/mol. The molecule has 0 bridgehead atoms. The highest BCUT2D eigenvalue weighted by Gasteiger charge is 2.41. The van der Waals surface area contributed by atoms with Crippen LogP contribution >= 0.6 is 0 Å². The van der Waals surface area contributed by atoms with Crippen LogP contribution in [-0.2, 0) is 32.2 Å². The lowest BCUT2D eigenvalue weighted by atomic mass is 9.69. The first-order valence-electron chi connectivity index (χ1n) is 17.2. The zero-order chi connectivity index (χ0) is 34.5. The maximum Gasteiger partial charge on any atom is 0.310 e. The van der Waals surface area contributed by atoms with Crippen LogP contribution < -0.4 is 0 Å². The van der Waals surface area contributed by atoms with Crippen molar-refractivity contribution in [3.05, 3.63) is 82.2 Å². The van der Waals surface area contributed by atoms with Gasteiger partial charge >= 0.3 is 5.97 Å². The molecule has 0 amide bonds. The number of esters is 1. The molecule has 0 spiro atoms. The highest BCUT2D eigenvalue weighted by Crippen LogP contribution is 2.42. The van der Waals surface area contributed by atoms with E-state index in [1.54, 1.807) is 12.4 Å². The summed E-state index contributed by atoms with van der Waals surface area (Å²) >= 11 is 0. The summed E-state index contributed by atoms with van der Waals surface area (Å²) in [5.41, 5.74) is 8.36. The van der Waals surface area contributed by atoms with Crippen LogP contribution in [0.1, 0.15) is 115 Å². The quantitative estimate of drug-likeness (QED) is 0.137. The topological polar surface area (TPSA) is 61.3 Å². The molecule has 0 N–H and O–H groups in total. The molecule has 1 aromatic heterocycles. The van der Waals surface area contributed by atoms with E-state index < -0.39 is 8.32 Å². The Hall–Kier alpha value is -2.83. The van der Waals surface area contributed by atoms with Crippen LogP contribution in [0.4, 0.5) is 0 Å². The summed E-state index contributed by atoms with van der Waals surface area (Å²) in [5.74, 6) is 0.407. The van der Waals surface area contributed by atoms with Gasteiger partial charge in [-0.05, 0) is 103 Å². The van der Waals surface area contributed by atoms with Crippen molar-refractivity contribution in [3.8, 4) is 11.4 Å². The number of carbonyl (C=O) groups is 1. The third-order valence-corrected chi connectivity index (χ3v) is 14.9. The van der Waals surface area contributed by atoms with Gasteiger partial charge in [0.1, 0.15) is 0 Å². The molecule has 0 saturated heterocycles. The van der Waals surface area contributed by atoms with Gasteiger partial charge in [0.25, 0.3) is 0 Å². The number of aryl methyl sites for hydroxylation is 3. The smallest absolute Gasteiger partial charge is 0.310 e. The number of rotatable bonds is 13. The van der Waals surface area contributed by atoms with E-state index in [4.69, 9.17) is 9.16 Å². The molecule has 5 nitrogen and oxygen atoms in total. The van der Waals surface area contributed by atoms with Gasteiger partial charge in [-0.25, -0.2) is 9.97 Å². The fraction of sp³-hybridized carbons (Fsp3) is 0.575. The minimum absolute atomic E-state index is 0.0860. The lowest BCUT2D eigenvalue weighted by Gasteiger charge is -2.43. The molecule has 0 aliphatic carbocycles. The van der Waals surface area contributed by atoms with Crippen LogP contribution in [0.25, 0.3) is 11.4 Å². The summed E-state index contributed by atoms with van der Waals surface area (Å²) in [6.45, 7) is 29.8. The Morgan fingerprint density at radius 2 is 1.41 bits per heavy atom. The third kappa shape index (κ3) is 8.74. The van der Waals surface area contributed by atoms with Gasteiger partial charge in [0.15, 0.2) is 14.1 Å². The number of aromatic nitrogens is 2. The molecule has 0 aliphatic rings. The van der Waals surface area contributed by atoms with Gasteiger partial charge < -0.3 is 9.16 Å². The standard InChI is InChI=1S/C40H60N2O3Si/c1-14-40(15-2,33-20-21-34(29(5)24-33)37-41-26-30(27-42-37)25-36(43)44-16-3)32-19-17-31(28(4)23-32)18-22-35(38(6,7)8)45-46(12,13)39(9,10)11/h17,19-21,23-24,26-27,35H,14-16,18,22,25H2,1-13H3. The lowest BCUT2D eigenvalue weighted by molar-refractivity contribution is -0.142. The van der Waals surface area contributed by atoms with Crippen molar-refractivity contribution in [2.24, 2.45) is 5.41 Å². The zero-order valence-electron chi connectivity index (χ0n) is 31.1. The minimum Gasteiger partial charge on any atom is -0.466 e. The summed E-state index contributed by atoms with van der Waals surface area (Å²) in [6.07, 6.45) is 7.90. The Bertz CT molecular complexity index is 1460. The second-order valence-corrected chi connectivity index (χ2v) is 20.4. The summed E-state index contributed by atoms with van der Waals surface area (Å²) in [6, 6.07) is 13.9. The van der Waals surface area contributed by atoms with Crippen molar-refractivity contribution >= 4 is 14.3 Å². The van der Waals surface area contributed by atoms with Gasteiger partial charge in [-0.3, -0.25) is 4.79 Å². The normalized spacial score (nSPS) is 13.5.